The van der Waals surface area contributed by atoms with Crippen LogP contribution in [0.3, 0.4) is 0 Å². The topological polar surface area (TPSA) is 46.5 Å². The van der Waals surface area contributed by atoms with Gasteiger partial charge in [-0.15, -0.1) is 0 Å². The van der Waals surface area contributed by atoms with Crippen LogP contribution in [0.2, 0.25) is 0 Å². The molecule has 1 amide bonds. The molecule has 5 heteroatoms. The van der Waals surface area contributed by atoms with Crippen LogP contribution in [0.25, 0.3) is 0 Å². The highest BCUT2D eigenvalue weighted by Gasteiger charge is 2.16. The summed E-state index contributed by atoms with van der Waals surface area (Å²) >= 11 is 0. The zero-order valence-corrected chi connectivity index (χ0v) is 14.5. The molecule has 1 N–H and O–H groups in total. The van der Waals surface area contributed by atoms with E-state index in [0.717, 1.165) is 35.9 Å². The minimum Gasteiger partial charge on any atom is -0.497 e. The van der Waals surface area contributed by atoms with Gasteiger partial charge in [-0.1, -0.05) is 6.07 Å². The molecule has 23 heavy (non-hydrogen) atoms. The molecule has 0 atom stereocenters. The van der Waals surface area contributed by atoms with Crippen molar-refractivity contribution in [2.75, 3.05) is 33.1 Å². The molecular formula is C18H25N3O2. The Kier molecular flexibility index (Phi) is 5.45. The minimum atomic E-state index is -0.0949. The maximum absolute atomic E-state index is 12.6. The van der Waals surface area contributed by atoms with Gasteiger partial charge in [0.2, 0.25) is 0 Å². The molecule has 0 aliphatic carbocycles. The van der Waals surface area contributed by atoms with Gasteiger partial charge in [-0.05, 0) is 46.1 Å². The summed E-state index contributed by atoms with van der Waals surface area (Å²) in [5, 5.41) is 2.94. The van der Waals surface area contributed by atoms with Crippen molar-refractivity contribution in [1.82, 2.24) is 9.47 Å². The van der Waals surface area contributed by atoms with Gasteiger partial charge in [0, 0.05) is 36.2 Å². The van der Waals surface area contributed by atoms with Crippen molar-refractivity contribution >= 4 is 11.6 Å². The van der Waals surface area contributed by atoms with E-state index in [2.05, 4.69) is 14.8 Å². The molecule has 0 saturated heterocycles. The second-order valence-electron chi connectivity index (χ2n) is 5.93. The van der Waals surface area contributed by atoms with Crippen LogP contribution >= 0.6 is 0 Å². The van der Waals surface area contributed by atoms with Crippen molar-refractivity contribution in [3.05, 3.63) is 47.3 Å². The second-order valence-corrected chi connectivity index (χ2v) is 5.93. The van der Waals surface area contributed by atoms with Crippen LogP contribution in [0.15, 0.2) is 30.3 Å². The summed E-state index contributed by atoms with van der Waals surface area (Å²) in [6.07, 6.45) is 0. The fourth-order valence-corrected chi connectivity index (χ4v) is 2.57. The molecule has 0 spiro atoms. The number of carbonyl (C=O) groups is 1. The number of methoxy groups -OCH3 is 1. The molecule has 0 fully saturated rings. The van der Waals surface area contributed by atoms with Crippen molar-refractivity contribution < 1.29 is 9.53 Å². The first-order valence-electron chi connectivity index (χ1n) is 7.69. The third-order valence-corrected chi connectivity index (χ3v) is 3.92. The van der Waals surface area contributed by atoms with Crippen LogP contribution in [0.5, 0.6) is 5.75 Å². The number of rotatable bonds is 6. The summed E-state index contributed by atoms with van der Waals surface area (Å²) in [6, 6.07) is 9.31. The first kappa shape index (κ1) is 17.1. The van der Waals surface area contributed by atoms with Gasteiger partial charge < -0.3 is 19.5 Å². The van der Waals surface area contributed by atoms with Crippen molar-refractivity contribution in [3.8, 4) is 5.75 Å². The summed E-state index contributed by atoms with van der Waals surface area (Å²) in [5.74, 6) is 0.627. The average molecular weight is 315 g/mol. The van der Waals surface area contributed by atoms with E-state index in [1.807, 2.05) is 58.3 Å². The van der Waals surface area contributed by atoms with Gasteiger partial charge >= 0.3 is 0 Å². The van der Waals surface area contributed by atoms with Crippen molar-refractivity contribution in [2.24, 2.45) is 0 Å². The predicted octanol–water partition coefficient (Wildman–Crippen LogP) is 2.93. The van der Waals surface area contributed by atoms with E-state index in [0.29, 0.717) is 5.56 Å². The zero-order valence-electron chi connectivity index (χ0n) is 14.5. The number of carbonyl (C=O) groups excluding carboxylic acids is 1. The number of hydrogen-bond donors (Lipinski definition) is 1. The first-order valence-corrected chi connectivity index (χ1v) is 7.69. The molecule has 1 aromatic carbocycles. The number of hydrogen-bond acceptors (Lipinski definition) is 3. The predicted molar refractivity (Wildman–Crippen MR) is 93.4 cm³/mol. The number of nitrogens with one attached hydrogen (secondary N) is 1. The Morgan fingerprint density at radius 1 is 1.26 bits per heavy atom. The van der Waals surface area contributed by atoms with Crippen LogP contribution < -0.4 is 10.1 Å². The summed E-state index contributed by atoms with van der Waals surface area (Å²) in [5.41, 5.74) is 3.53. The van der Waals surface area contributed by atoms with Gasteiger partial charge in [0.05, 0.1) is 12.7 Å². The van der Waals surface area contributed by atoms with Crippen LogP contribution in [0.1, 0.15) is 21.7 Å². The van der Waals surface area contributed by atoms with E-state index in [1.54, 1.807) is 7.11 Å². The third-order valence-electron chi connectivity index (χ3n) is 3.92. The molecule has 0 unspecified atom stereocenters. The van der Waals surface area contributed by atoms with E-state index in [9.17, 15) is 4.79 Å². The number of nitrogens with zero attached hydrogens (tertiary/aromatic N) is 2. The Balaban J connectivity index is 2.17. The molecule has 2 aromatic rings. The maximum atomic E-state index is 12.6. The normalized spacial score (nSPS) is 10.9. The largest absolute Gasteiger partial charge is 0.497 e. The molecule has 1 aromatic heterocycles. The van der Waals surface area contributed by atoms with Crippen LogP contribution in [0, 0.1) is 13.8 Å². The maximum Gasteiger partial charge on any atom is 0.257 e. The number of likely N-dealkylation sites (N-methyl/N-ethyl adjacent to an activating group) is 1. The van der Waals surface area contributed by atoms with E-state index < -0.39 is 0 Å². The lowest BCUT2D eigenvalue weighted by Gasteiger charge is -2.14. The average Bonchev–Trinajstić information content (AvgIpc) is 2.80. The highest BCUT2D eigenvalue weighted by atomic mass is 16.5. The summed E-state index contributed by atoms with van der Waals surface area (Å²) < 4.78 is 7.36. The van der Waals surface area contributed by atoms with Crippen LogP contribution in [-0.2, 0) is 6.54 Å². The quantitative estimate of drug-likeness (QED) is 0.891. The number of benzene rings is 1. The highest BCUT2D eigenvalue weighted by molar-refractivity contribution is 6.05. The molecule has 5 nitrogen and oxygen atoms in total. The SMILES string of the molecule is COc1cccc(NC(=O)c2cc(C)n(CCN(C)C)c2C)c1. The molecule has 1 heterocycles. The monoisotopic (exact) mass is 315 g/mol. The Bertz CT molecular complexity index is 690. The lowest BCUT2D eigenvalue weighted by molar-refractivity contribution is 0.102. The molecule has 2 rings (SSSR count). The molecule has 0 saturated carbocycles. The summed E-state index contributed by atoms with van der Waals surface area (Å²) in [4.78, 5) is 14.7. The molecule has 0 aliphatic rings. The van der Waals surface area contributed by atoms with Gasteiger partial charge in [-0.25, -0.2) is 0 Å². The second kappa shape index (κ2) is 7.33. The zero-order chi connectivity index (χ0) is 17.0. The lowest BCUT2D eigenvalue weighted by atomic mass is 10.2. The molecule has 0 bridgehead atoms. The Morgan fingerprint density at radius 3 is 2.65 bits per heavy atom. The number of anilines is 1. The highest BCUT2D eigenvalue weighted by Crippen LogP contribution is 2.20. The number of ether oxygens (including phenoxy) is 1. The smallest absolute Gasteiger partial charge is 0.257 e. The number of aryl methyl sites for hydroxylation is 1. The molecule has 124 valence electrons. The van der Waals surface area contributed by atoms with E-state index in [-0.39, 0.29) is 5.91 Å². The number of aromatic nitrogens is 1. The van der Waals surface area contributed by atoms with Gasteiger partial charge in [0.15, 0.2) is 0 Å². The Morgan fingerprint density at radius 2 is 2.00 bits per heavy atom. The first-order chi connectivity index (χ1) is 10.9. The lowest BCUT2D eigenvalue weighted by Crippen LogP contribution is -2.20. The fraction of sp³-hybridized carbons (Fsp3) is 0.389. The Labute approximate surface area is 137 Å². The van der Waals surface area contributed by atoms with Gasteiger partial charge in [-0.2, -0.15) is 0 Å². The molecule has 0 aliphatic heterocycles. The van der Waals surface area contributed by atoms with Crippen LogP contribution in [-0.4, -0.2) is 43.1 Å². The summed E-state index contributed by atoms with van der Waals surface area (Å²) in [6.45, 7) is 5.83. The van der Waals surface area contributed by atoms with Gasteiger partial charge in [0.1, 0.15) is 5.75 Å². The third kappa shape index (κ3) is 4.13. The fourth-order valence-electron chi connectivity index (χ4n) is 2.57. The van der Waals surface area contributed by atoms with Crippen molar-refractivity contribution in [3.63, 3.8) is 0 Å². The van der Waals surface area contributed by atoms with Gasteiger partial charge in [-0.3, -0.25) is 4.79 Å². The minimum absolute atomic E-state index is 0.0949. The Hall–Kier alpha value is -2.27. The van der Waals surface area contributed by atoms with Crippen LogP contribution in [0.4, 0.5) is 5.69 Å². The van der Waals surface area contributed by atoms with E-state index in [4.69, 9.17) is 4.74 Å². The van der Waals surface area contributed by atoms with Crippen molar-refractivity contribution in [2.45, 2.75) is 20.4 Å². The van der Waals surface area contributed by atoms with Gasteiger partial charge in [0.25, 0.3) is 5.91 Å². The summed E-state index contributed by atoms with van der Waals surface area (Å²) in [7, 11) is 5.70. The standard InChI is InChI=1S/C18H25N3O2/c1-13-11-17(14(2)21(13)10-9-20(3)4)18(22)19-15-7-6-8-16(12-15)23-5/h6-8,11-12H,9-10H2,1-5H3,(H,19,22). The van der Waals surface area contributed by atoms with E-state index >= 15 is 0 Å². The van der Waals surface area contributed by atoms with E-state index in [1.165, 1.54) is 0 Å². The van der Waals surface area contributed by atoms with Crippen molar-refractivity contribution in [1.29, 1.82) is 0 Å². The molecular weight excluding hydrogens is 290 g/mol. The number of amides is 1. The molecule has 0 radical (unpaired) electrons.